The quantitative estimate of drug-likeness (QED) is 0.593. The van der Waals surface area contributed by atoms with Crippen molar-refractivity contribution in [1.29, 1.82) is 0 Å². The molecule has 1 unspecified atom stereocenters. The van der Waals surface area contributed by atoms with Crippen molar-refractivity contribution in [3.8, 4) is 0 Å². The monoisotopic (exact) mass is 148 g/mol. The van der Waals surface area contributed by atoms with Gasteiger partial charge in [-0.1, -0.05) is 0 Å². The number of carbonyl (C=O) groups excluding carboxylic acids is 1. The van der Waals surface area contributed by atoms with Crippen LogP contribution in [0.25, 0.3) is 0 Å². The lowest BCUT2D eigenvalue weighted by molar-refractivity contribution is 0.0263. The van der Waals surface area contributed by atoms with Gasteiger partial charge in [-0.25, -0.2) is 4.79 Å². The Balaban J connectivity index is 3.22. The molecular formula is C6H12O4. The number of rotatable bonds is 3. The average molecular weight is 148 g/mol. The third-order valence-corrected chi connectivity index (χ3v) is 0.705. The number of hydrogen-bond donors (Lipinski definition) is 1. The molecule has 0 aromatic rings. The van der Waals surface area contributed by atoms with E-state index in [1.807, 2.05) is 0 Å². The van der Waals surface area contributed by atoms with Crippen molar-refractivity contribution in [1.82, 2.24) is 0 Å². The third-order valence-electron chi connectivity index (χ3n) is 0.705. The number of aliphatic hydroxyl groups excluding tert-OH is 1. The summed E-state index contributed by atoms with van der Waals surface area (Å²) in [6, 6.07) is 0. The average Bonchev–Trinajstić information content (AvgIpc) is 1.85. The smallest absolute Gasteiger partial charge is 0.435 e. The molecule has 0 saturated heterocycles. The van der Waals surface area contributed by atoms with Gasteiger partial charge in [-0.3, -0.25) is 0 Å². The molecule has 4 heteroatoms. The van der Waals surface area contributed by atoms with Gasteiger partial charge >= 0.3 is 6.16 Å². The van der Waals surface area contributed by atoms with Crippen LogP contribution < -0.4 is 0 Å². The molecule has 0 rings (SSSR count). The summed E-state index contributed by atoms with van der Waals surface area (Å²) >= 11 is 0. The van der Waals surface area contributed by atoms with Crippen molar-refractivity contribution in [2.75, 3.05) is 13.2 Å². The third kappa shape index (κ3) is 5.37. The van der Waals surface area contributed by atoms with Crippen molar-refractivity contribution in [3.05, 3.63) is 0 Å². The number of aliphatic hydroxyl groups is 1. The molecule has 0 saturated carbocycles. The largest absolute Gasteiger partial charge is 0.508 e. The SMILES string of the molecule is CCOC(=O)OCC(C)O. The highest BCUT2D eigenvalue weighted by Gasteiger charge is 2.03. The Morgan fingerprint density at radius 2 is 2.20 bits per heavy atom. The van der Waals surface area contributed by atoms with Crippen LogP contribution in [0.4, 0.5) is 4.79 Å². The molecule has 0 aliphatic heterocycles. The van der Waals surface area contributed by atoms with Gasteiger partial charge in [0, 0.05) is 0 Å². The fourth-order valence-corrected chi connectivity index (χ4v) is 0.348. The van der Waals surface area contributed by atoms with Crippen LogP contribution in [-0.2, 0) is 9.47 Å². The molecular weight excluding hydrogens is 136 g/mol. The van der Waals surface area contributed by atoms with Gasteiger partial charge in [0.25, 0.3) is 0 Å². The van der Waals surface area contributed by atoms with Crippen LogP contribution in [0.5, 0.6) is 0 Å². The molecule has 10 heavy (non-hydrogen) atoms. The van der Waals surface area contributed by atoms with Gasteiger partial charge in [-0.15, -0.1) is 0 Å². The Morgan fingerprint density at radius 1 is 1.60 bits per heavy atom. The minimum Gasteiger partial charge on any atom is -0.435 e. The summed E-state index contributed by atoms with van der Waals surface area (Å²) < 4.78 is 8.85. The van der Waals surface area contributed by atoms with Crippen LogP contribution in [0.3, 0.4) is 0 Å². The summed E-state index contributed by atoms with van der Waals surface area (Å²) in [6.07, 6.45) is -1.37. The van der Waals surface area contributed by atoms with E-state index in [4.69, 9.17) is 5.11 Å². The Labute approximate surface area is 59.7 Å². The maximum Gasteiger partial charge on any atom is 0.508 e. The van der Waals surface area contributed by atoms with E-state index in [2.05, 4.69) is 9.47 Å². The van der Waals surface area contributed by atoms with Crippen molar-refractivity contribution < 1.29 is 19.4 Å². The van der Waals surface area contributed by atoms with E-state index in [0.717, 1.165) is 0 Å². The molecule has 4 nitrogen and oxygen atoms in total. The van der Waals surface area contributed by atoms with Gasteiger partial charge in [0.15, 0.2) is 0 Å². The van der Waals surface area contributed by atoms with E-state index in [1.54, 1.807) is 6.92 Å². The molecule has 0 aromatic carbocycles. The maximum atomic E-state index is 10.4. The minimum atomic E-state index is -0.733. The molecule has 0 heterocycles. The summed E-state index contributed by atoms with van der Waals surface area (Å²) in [5.74, 6) is 0. The Hall–Kier alpha value is -0.770. The molecule has 1 N–H and O–H groups in total. The lowest BCUT2D eigenvalue weighted by Crippen LogP contribution is -2.15. The van der Waals surface area contributed by atoms with Gasteiger partial charge in [-0.05, 0) is 13.8 Å². The summed E-state index contributed by atoms with van der Waals surface area (Å²) in [5.41, 5.74) is 0. The van der Waals surface area contributed by atoms with E-state index >= 15 is 0 Å². The van der Waals surface area contributed by atoms with E-state index in [1.165, 1.54) is 6.92 Å². The van der Waals surface area contributed by atoms with Gasteiger partial charge < -0.3 is 14.6 Å². The number of ether oxygens (including phenoxy) is 2. The lowest BCUT2D eigenvalue weighted by atomic mass is 10.5. The van der Waals surface area contributed by atoms with Crippen molar-refractivity contribution >= 4 is 6.16 Å². The zero-order chi connectivity index (χ0) is 7.98. The van der Waals surface area contributed by atoms with Crippen LogP contribution in [0, 0.1) is 0 Å². The molecule has 1 atom stereocenters. The van der Waals surface area contributed by atoms with E-state index in [9.17, 15) is 4.79 Å². The molecule has 0 amide bonds. The number of hydrogen-bond acceptors (Lipinski definition) is 4. The second-order valence-electron chi connectivity index (χ2n) is 1.84. The molecule has 60 valence electrons. The van der Waals surface area contributed by atoms with Gasteiger partial charge in [0.05, 0.1) is 12.7 Å². The second kappa shape index (κ2) is 5.05. The Morgan fingerprint density at radius 3 is 2.60 bits per heavy atom. The van der Waals surface area contributed by atoms with Crippen molar-refractivity contribution in [2.24, 2.45) is 0 Å². The standard InChI is InChI=1S/C6H12O4/c1-3-9-6(8)10-4-5(2)7/h5,7H,3-4H2,1-2H3. The van der Waals surface area contributed by atoms with Crippen molar-refractivity contribution in [2.45, 2.75) is 20.0 Å². The van der Waals surface area contributed by atoms with Crippen LogP contribution in [0.15, 0.2) is 0 Å². The first-order valence-electron chi connectivity index (χ1n) is 3.14. The lowest BCUT2D eigenvalue weighted by Gasteiger charge is -2.05. The molecule has 0 aromatic heterocycles. The molecule has 0 radical (unpaired) electrons. The molecule has 0 aliphatic rings. The highest BCUT2D eigenvalue weighted by molar-refractivity contribution is 5.59. The topological polar surface area (TPSA) is 55.8 Å². The van der Waals surface area contributed by atoms with Gasteiger partial charge in [-0.2, -0.15) is 0 Å². The highest BCUT2D eigenvalue weighted by Crippen LogP contribution is 1.87. The van der Waals surface area contributed by atoms with Gasteiger partial charge in [0.2, 0.25) is 0 Å². The summed E-state index contributed by atoms with van der Waals surface area (Å²) in [5, 5.41) is 8.64. The first-order chi connectivity index (χ1) is 4.66. The van der Waals surface area contributed by atoms with Crippen LogP contribution >= 0.6 is 0 Å². The minimum absolute atomic E-state index is 0.0150. The van der Waals surface area contributed by atoms with Crippen LogP contribution in [0.2, 0.25) is 0 Å². The predicted octanol–water partition coefficient (Wildman–Crippen LogP) is 0.540. The predicted molar refractivity (Wildman–Crippen MR) is 34.7 cm³/mol. The van der Waals surface area contributed by atoms with E-state index in [-0.39, 0.29) is 6.61 Å². The summed E-state index contributed by atoms with van der Waals surface area (Å²) in [6.45, 7) is 3.49. The number of carbonyl (C=O) groups is 1. The zero-order valence-corrected chi connectivity index (χ0v) is 6.16. The Kier molecular flexibility index (Phi) is 4.66. The fraction of sp³-hybridized carbons (Fsp3) is 0.833. The summed E-state index contributed by atoms with van der Waals surface area (Å²) in [4.78, 5) is 10.4. The van der Waals surface area contributed by atoms with E-state index < -0.39 is 12.3 Å². The highest BCUT2D eigenvalue weighted by atomic mass is 16.7. The van der Waals surface area contributed by atoms with Crippen LogP contribution in [-0.4, -0.2) is 30.6 Å². The Bertz CT molecular complexity index is 99.9. The molecule has 0 bridgehead atoms. The zero-order valence-electron chi connectivity index (χ0n) is 6.16. The van der Waals surface area contributed by atoms with Gasteiger partial charge in [0.1, 0.15) is 6.61 Å². The molecule has 0 aliphatic carbocycles. The molecule has 0 spiro atoms. The summed E-state index contributed by atoms with van der Waals surface area (Å²) in [7, 11) is 0. The molecule has 0 fully saturated rings. The van der Waals surface area contributed by atoms with E-state index in [0.29, 0.717) is 6.61 Å². The second-order valence-corrected chi connectivity index (χ2v) is 1.84. The first-order valence-corrected chi connectivity index (χ1v) is 3.14. The first kappa shape index (κ1) is 9.23. The maximum absolute atomic E-state index is 10.4. The van der Waals surface area contributed by atoms with Crippen molar-refractivity contribution in [3.63, 3.8) is 0 Å². The normalized spacial score (nSPS) is 12.3. The fourth-order valence-electron chi connectivity index (χ4n) is 0.348. The van der Waals surface area contributed by atoms with Crippen LogP contribution in [0.1, 0.15) is 13.8 Å².